The predicted octanol–water partition coefficient (Wildman–Crippen LogP) is 3.37. The lowest BCUT2D eigenvalue weighted by molar-refractivity contribution is 0.102. The highest BCUT2D eigenvalue weighted by Gasteiger charge is 2.13. The van der Waals surface area contributed by atoms with E-state index >= 15 is 0 Å². The van der Waals surface area contributed by atoms with Crippen molar-refractivity contribution < 1.29 is 9.53 Å². The number of carbonyl (C=O) groups is 1. The molecule has 0 amide bonds. The largest absolute Gasteiger partial charge is 0.497 e. The number of ether oxygens (including phenoxy) is 1. The molecule has 0 aromatic heterocycles. The summed E-state index contributed by atoms with van der Waals surface area (Å²) in [6.07, 6.45) is 0. The molecular weight excluding hydrogens is 338 g/mol. The Labute approximate surface area is 106 Å². The second-order valence-electron chi connectivity index (χ2n) is 2.53. The second-order valence-corrected chi connectivity index (χ2v) is 4.33. The van der Waals surface area contributed by atoms with E-state index in [1.165, 1.54) is 7.11 Å². The van der Waals surface area contributed by atoms with E-state index in [0.717, 1.165) is 3.57 Å². The lowest BCUT2D eigenvalue weighted by Gasteiger charge is -2.06. The van der Waals surface area contributed by atoms with Gasteiger partial charge in [0.05, 0.1) is 18.0 Å². The summed E-state index contributed by atoms with van der Waals surface area (Å²) in [6, 6.07) is 3.35. The fourth-order valence-corrected chi connectivity index (χ4v) is 1.91. The number of methoxy groups -OCH3 is 1. The topological polar surface area (TPSA) is 26.3 Å². The summed E-state index contributed by atoms with van der Waals surface area (Å²) >= 11 is 13.4. The van der Waals surface area contributed by atoms with Crippen molar-refractivity contribution >= 4 is 51.6 Å². The zero-order chi connectivity index (χ0) is 10.7. The SMILES string of the molecule is COc1cc(I)c(Cl)c(C(=O)CCl)c1. The summed E-state index contributed by atoms with van der Waals surface area (Å²) in [5, 5.41) is 0.428. The van der Waals surface area contributed by atoms with Crippen molar-refractivity contribution in [3.63, 3.8) is 0 Å². The van der Waals surface area contributed by atoms with Gasteiger partial charge in [0, 0.05) is 9.13 Å². The lowest BCUT2D eigenvalue weighted by atomic mass is 10.1. The van der Waals surface area contributed by atoms with Crippen molar-refractivity contribution in [2.24, 2.45) is 0 Å². The molecule has 14 heavy (non-hydrogen) atoms. The zero-order valence-electron chi connectivity index (χ0n) is 7.31. The molecule has 0 heterocycles. The first kappa shape index (κ1) is 12.1. The van der Waals surface area contributed by atoms with Gasteiger partial charge in [-0.25, -0.2) is 0 Å². The first-order chi connectivity index (χ1) is 6.60. The van der Waals surface area contributed by atoms with Crippen LogP contribution >= 0.6 is 45.8 Å². The molecule has 0 radical (unpaired) electrons. The molecule has 2 nitrogen and oxygen atoms in total. The first-order valence-electron chi connectivity index (χ1n) is 3.72. The van der Waals surface area contributed by atoms with E-state index in [0.29, 0.717) is 16.3 Å². The summed E-state index contributed by atoms with van der Waals surface area (Å²) in [6.45, 7) is 0. The van der Waals surface area contributed by atoms with Gasteiger partial charge in [-0.15, -0.1) is 11.6 Å². The Balaban J connectivity index is 3.27. The smallest absolute Gasteiger partial charge is 0.179 e. The van der Waals surface area contributed by atoms with E-state index in [1.54, 1.807) is 12.1 Å². The van der Waals surface area contributed by atoms with Gasteiger partial charge in [-0.3, -0.25) is 4.79 Å². The van der Waals surface area contributed by atoms with Crippen LogP contribution in [0.3, 0.4) is 0 Å². The van der Waals surface area contributed by atoms with Crippen molar-refractivity contribution in [3.8, 4) is 5.75 Å². The predicted molar refractivity (Wildman–Crippen MR) is 65.8 cm³/mol. The van der Waals surface area contributed by atoms with Gasteiger partial charge in [0.1, 0.15) is 5.75 Å². The summed E-state index contributed by atoms with van der Waals surface area (Å²) < 4.78 is 5.80. The Kier molecular flexibility index (Phi) is 4.47. The highest BCUT2D eigenvalue weighted by molar-refractivity contribution is 14.1. The molecule has 5 heteroatoms. The normalized spacial score (nSPS) is 10.0. The summed E-state index contributed by atoms with van der Waals surface area (Å²) in [5.74, 6) is 0.323. The highest BCUT2D eigenvalue weighted by Crippen LogP contribution is 2.28. The molecule has 0 spiro atoms. The van der Waals surface area contributed by atoms with Gasteiger partial charge in [0.15, 0.2) is 5.78 Å². The maximum absolute atomic E-state index is 11.4. The molecule has 1 rings (SSSR count). The van der Waals surface area contributed by atoms with E-state index in [1.807, 2.05) is 22.6 Å². The van der Waals surface area contributed by atoms with Crippen LogP contribution in [0.25, 0.3) is 0 Å². The Morgan fingerprint density at radius 1 is 1.57 bits per heavy atom. The van der Waals surface area contributed by atoms with E-state index in [9.17, 15) is 4.79 Å². The van der Waals surface area contributed by atoms with Gasteiger partial charge >= 0.3 is 0 Å². The minimum absolute atomic E-state index is 0.0804. The van der Waals surface area contributed by atoms with Crippen LogP contribution in [0.5, 0.6) is 5.75 Å². The molecule has 0 aliphatic rings. The monoisotopic (exact) mass is 344 g/mol. The number of rotatable bonds is 3. The van der Waals surface area contributed by atoms with Gasteiger partial charge in [0.25, 0.3) is 0 Å². The molecule has 0 saturated carbocycles. The molecule has 0 fully saturated rings. The zero-order valence-corrected chi connectivity index (χ0v) is 11.0. The fraction of sp³-hybridized carbons (Fsp3) is 0.222. The van der Waals surface area contributed by atoms with E-state index in [2.05, 4.69) is 0 Å². The minimum Gasteiger partial charge on any atom is -0.497 e. The second kappa shape index (κ2) is 5.19. The van der Waals surface area contributed by atoms with Crippen LogP contribution in [-0.4, -0.2) is 18.8 Å². The Morgan fingerprint density at radius 2 is 2.21 bits per heavy atom. The molecule has 1 aromatic rings. The Bertz CT molecular complexity index is 366. The minimum atomic E-state index is -0.200. The summed E-state index contributed by atoms with van der Waals surface area (Å²) in [7, 11) is 1.54. The molecule has 1 aromatic carbocycles. The lowest BCUT2D eigenvalue weighted by Crippen LogP contribution is -2.03. The fourth-order valence-electron chi connectivity index (χ4n) is 0.957. The molecule has 0 bridgehead atoms. The molecule has 0 unspecified atom stereocenters. The number of ketones is 1. The van der Waals surface area contributed by atoms with Crippen LogP contribution in [-0.2, 0) is 0 Å². The van der Waals surface area contributed by atoms with E-state index < -0.39 is 0 Å². The third-order valence-corrected chi connectivity index (χ3v) is 3.48. The van der Waals surface area contributed by atoms with Crippen molar-refractivity contribution in [2.45, 2.75) is 0 Å². The molecule has 0 saturated heterocycles. The van der Waals surface area contributed by atoms with Crippen LogP contribution in [0.4, 0.5) is 0 Å². The molecule has 0 N–H and O–H groups in total. The Morgan fingerprint density at radius 3 is 2.71 bits per heavy atom. The van der Waals surface area contributed by atoms with Crippen molar-refractivity contribution in [1.82, 2.24) is 0 Å². The summed E-state index contributed by atoms with van der Waals surface area (Å²) in [4.78, 5) is 11.4. The number of benzene rings is 1. The molecule has 76 valence electrons. The Hall–Kier alpha value is -0.000000000000000167. The van der Waals surface area contributed by atoms with Crippen LogP contribution < -0.4 is 4.74 Å². The molecule has 0 aliphatic carbocycles. The van der Waals surface area contributed by atoms with Crippen LogP contribution in [0.15, 0.2) is 12.1 Å². The number of hydrogen-bond acceptors (Lipinski definition) is 2. The number of alkyl halides is 1. The van der Waals surface area contributed by atoms with Gasteiger partial charge in [-0.05, 0) is 34.7 Å². The highest BCUT2D eigenvalue weighted by atomic mass is 127. The van der Waals surface area contributed by atoms with Crippen molar-refractivity contribution in [1.29, 1.82) is 0 Å². The molecule has 0 aliphatic heterocycles. The third-order valence-electron chi connectivity index (χ3n) is 1.66. The standard InChI is InChI=1S/C9H7Cl2IO2/c1-14-5-2-6(8(13)4-10)9(11)7(12)3-5/h2-3H,4H2,1H3. The first-order valence-corrected chi connectivity index (χ1v) is 5.71. The number of halogens is 3. The third kappa shape index (κ3) is 2.52. The van der Waals surface area contributed by atoms with Crippen molar-refractivity contribution in [2.75, 3.05) is 13.0 Å². The average molecular weight is 345 g/mol. The average Bonchev–Trinajstić information content (AvgIpc) is 2.20. The maximum atomic E-state index is 11.4. The van der Waals surface area contributed by atoms with E-state index in [4.69, 9.17) is 27.9 Å². The maximum Gasteiger partial charge on any atom is 0.179 e. The van der Waals surface area contributed by atoms with E-state index in [-0.39, 0.29) is 11.7 Å². The van der Waals surface area contributed by atoms with Gasteiger partial charge in [0.2, 0.25) is 0 Å². The quantitative estimate of drug-likeness (QED) is 0.477. The van der Waals surface area contributed by atoms with Crippen LogP contribution in [0, 0.1) is 3.57 Å². The molecular formula is C9H7Cl2IO2. The van der Waals surface area contributed by atoms with Gasteiger partial charge < -0.3 is 4.74 Å². The molecule has 0 atom stereocenters. The number of Topliss-reactive ketones (excluding diaryl/α,β-unsaturated/α-hetero) is 1. The number of carbonyl (C=O) groups excluding carboxylic acids is 1. The van der Waals surface area contributed by atoms with Gasteiger partial charge in [-0.1, -0.05) is 11.6 Å². The van der Waals surface area contributed by atoms with Crippen molar-refractivity contribution in [3.05, 3.63) is 26.3 Å². The summed E-state index contributed by atoms with van der Waals surface area (Å²) in [5.41, 5.74) is 0.408. The van der Waals surface area contributed by atoms with Crippen LogP contribution in [0.1, 0.15) is 10.4 Å². The number of hydrogen-bond donors (Lipinski definition) is 0. The van der Waals surface area contributed by atoms with Gasteiger partial charge in [-0.2, -0.15) is 0 Å². The van der Waals surface area contributed by atoms with Crippen LogP contribution in [0.2, 0.25) is 5.02 Å².